The zero-order chi connectivity index (χ0) is 10.9. The van der Waals surface area contributed by atoms with Crippen molar-refractivity contribution in [2.45, 2.75) is 46.0 Å². The van der Waals surface area contributed by atoms with Crippen LogP contribution in [0.5, 0.6) is 0 Å². The van der Waals surface area contributed by atoms with Crippen molar-refractivity contribution in [3.05, 3.63) is 47.5 Å². The van der Waals surface area contributed by atoms with Crippen LogP contribution in [0.2, 0.25) is 0 Å². The molecule has 0 heterocycles. The van der Waals surface area contributed by atoms with Gasteiger partial charge >= 0.3 is 0 Å². The van der Waals surface area contributed by atoms with Crippen LogP contribution in [0.4, 0.5) is 0 Å². The van der Waals surface area contributed by atoms with Crippen LogP contribution >= 0.6 is 0 Å². The quantitative estimate of drug-likeness (QED) is 0.584. The van der Waals surface area contributed by atoms with E-state index in [2.05, 4.69) is 50.3 Å². The molecule has 1 aromatic rings. The molecule has 0 radical (unpaired) electrons. The van der Waals surface area contributed by atoms with E-state index in [1.807, 2.05) is 0 Å². The second-order valence-electron chi connectivity index (χ2n) is 4.06. The highest BCUT2D eigenvalue weighted by atomic mass is 14.0. The number of allylic oxidation sites excluding steroid dienone is 2. The highest BCUT2D eigenvalue weighted by Crippen LogP contribution is 2.14. The van der Waals surface area contributed by atoms with E-state index < -0.39 is 0 Å². The lowest BCUT2D eigenvalue weighted by Gasteiger charge is -2.06. The zero-order valence-corrected chi connectivity index (χ0v) is 10.00. The first-order valence-electron chi connectivity index (χ1n) is 6.08. The van der Waals surface area contributed by atoms with E-state index in [-0.39, 0.29) is 0 Å². The normalized spacial score (nSPS) is 11.7. The molecule has 0 aromatic heterocycles. The Morgan fingerprint density at radius 3 is 2.40 bits per heavy atom. The number of hydrogen-bond acceptors (Lipinski definition) is 0. The molecule has 82 valence electrons. The molecule has 0 unspecified atom stereocenters. The molecule has 0 N–H and O–H groups in total. The van der Waals surface area contributed by atoms with Crippen molar-refractivity contribution in [1.29, 1.82) is 0 Å². The average molecular weight is 202 g/mol. The van der Waals surface area contributed by atoms with E-state index in [1.54, 1.807) is 5.57 Å². The minimum absolute atomic E-state index is 1.13. The van der Waals surface area contributed by atoms with Gasteiger partial charge in [0.1, 0.15) is 0 Å². The van der Waals surface area contributed by atoms with Gasteiger partial charge in [0.15, 0.2) is 0 Å². The Morgan fingerprint density at radius 1 is 1.07 bits per heavy atom. The SMILES string of the molecule is CCC/C=C(\CCC)Cc1ccccc1. The molecular formula is C15H22. The highest BCUT2D eigenvalue weighted by Gasteiger charge is 1.97. The minimum atomic E-state index is 1.13. The molecule has 0 atom stereocenters. The van der Waals surface area contributed by atoms with Gasteiger partial charge in [0.2, 0.25) is 0 Å². The number of hydrogen-bond donors (Lipinski definition) is 0. The maximum absolute atomic E-state index is 2.43. The van der Waals surface area contributed by atoms with Crippen LogP contribution in [-0.4, -0.2) is 0 Å². The Bertz CT molecular complexity index is 282. The van der Waals surface area contributed by atoms with Gasteiger partial charge in [-0.2, -0.15) is 0 Å². The molecule has 0 aliphatic carbocycles. The molecule has 15 heavy (non-hydrogen) atoms. The van der Waals surface area contributed by atoms with Crippen LogP contribution < -0.4 is 0 Å². The summed E-state index contributed by atoms with van der Waals surface area (Å²) < 4.78 is 0. The lowest BCUT2D eigenvalue weighted by atomic mass is 10.00. The van der Waals surface area contributed by atoms with Crippen LogP contribution in [0.25, 0.3) is 0 Å². The van der Waals surface area contributed by atoms with Crippen LogP contribution in [-0.2, 0) is 6.42 Å². The van der Waals surface area contributed by atoms with Crippen molar-refractivity contribution >= 4 is 0 Å². The molecule has 0 amide bonds. The standard InChI is InChI=1S/C15H22/c1-3-5-10-14(9-4-2)13-15-11-7-6-8-12-15/h6-8,10-12H,3-5,9,13H2,1-2H3/b14-10+. The van der Waals surface area contributed by atoms with E-state index in [0.717, 1.165) is 6.42 Å². The summed E-state index contributed by atoms with van der Waals surface area (Å²) in [6, 6.07) is 10.8. The van der Waals surface area contributed by atoms with Crippen molar-refractivity contribution in [1.82, 2.24) is 0 Å². The van der Waals surface area contributed by atoms with Gasteiger partial charge in [-0.05, 0) is 24.8 Å². The third-order valence-corrected chi connectivity index (χ3v) is 2.57. The Morgan fingerprint density at radius 2 is 1.80 bits per heavy atom. The number of unbranched alkanes of at least 4 members (excludes halogenated alkanes) is 1. The second-order valence-corrected chi connectivity index (χ2v) is 4.06. The molecule has 0 spiro atoms. The van der Waals surface area contributed by atoms with Gasteiger partial charge in [-0.3, -0.25) is 0 Å². The third-order valence-electron chi connectivity index (χ3n) is 2.57. The molecule has 0 heteroatoms. The predicted molar refractivity (Wildman–Crippen MR) is 68.0 cm³/mol. The van der Waals surface area contributed by atoms with Crippen molar-refractivity contribution in [2.75, 3.05) is 0 Å². The first-order valence-corrected chi connectivity index (χ1v) is 6.08. The lowest BCUT2D eigenvalue weighted by molar-refractivity contribution is 0.846. The monoisotopic (exact) mass is 202 g/mol. The van der Waals surface area contributed by atoms with E-state index >= 15 is 0 Å². The molecule has 1 aromatic carbocycles. The molecule has 0 fully saturated rings. The van der Waals surface area contributed by atoms with Crippen molar-refractivity contribution in [2.24, 2.45) is 0 Å². The number of rotatable bonds is 6. The summed E-state index contributed by atoms with van der Waals surface area (Å²) in [7, 11) is 0. The zero-order valence-electron chi connectivity index (χ0n) is 10.00. The Balaban J connectivity index is 2.58. The molecule has 0 saturated carbocycles. The fourth-order valence-electron chi connectivity index (χ4n) is 1.79. The van der Waals surface area contributed by atoms with Crippen molar-refractivity contribution in [3.8, 4) is 0 Å². The maximum Gasteiger partial charge on any atom is -0.00671 e. The third kappa shape index (κ3) is 4.83. The van der Waals surface area contributed by atoms with Crippen LogP contribution in [0.1, 0.15) is 45.1 Å². The van der Waals surface area contributed by atoms with E-state index in [9.17, 15) is 0 Å². The maximum atomic E-state index is 2.43. The van der Waals surface area contributed by atoms with Gasteiger partial charge in [-0.15, -0.1) is 0 Å². The van der Waals surface area contributed by atoms with E-state index in [0.29, 0.717) is 0 Å². The summed E-state index contributed by atoms with van der Waals surface area (Å²) in [6.45, 7) is 4.49. The topological polar surface area (TPSA) is 0 Å². The van der Waals surface area contributed by atoms with Crippen LogP contribution in [0.15, 0.2) is 42.0 Å². The molecule has 0 bridgehead atoms. The lowest BCUT2D eigenvalue weighted by Crippen LogP contribution is -1.90. The minimum Gasteiger partial charge on any atom is -0.0850 e. The summed E-state index contributed by atoms with van der Waals surface area (Å²) in [5.74, 6) is 0. The van der Waals surface area contributed by atoms with Gasteiger partial charge < -0.3 is 0 Å². The summed E-state index contributed by atoms with van der Waals surface area (Å²) in [4.78, 5) is 0. The molecule has 0 aliphatic heterocycles. The molecule has 1 rings (SSSR count). The van der Waals surface area contributed by atoms with Gasteiger partial charge in [0.25, 0.3) is 0 Å². The molecule has 0 aliphatic rings. The fraction of sp³-hybridized carbons (Fsp3) is 0.467. The van der Waals surface area contributed by atoms with Crippen molar-refractivity contribution in [3.63, 3.8) is 0 Å². The Kier molecular flexibility index (Phi) is 5.84. The van der Waals surface area contributed by atoms with Crippen molar-refractivity contribution < 1.29 is 0 Å². The fourth-order valence-corrected chi connectivity index (χ4v) is 1.79. The first kappa shape index (κ1) is 12.0. The average Bonchev–Trinajstić information content (AvgIpc) is 2.28. The van der Waals surface area contributed by atoms with Gasteiger partial charge in [-0.25, -0.2) is 0 Å². The molecule has 0 nitrogen and oxygen atoms in total. The summed E-state index contributed by atoms with van der Waals surface area (Å²) in [6.07, 6.45) is 8.53. The van der Waals surface area contributed by atoms with E-state index in [1.165, 1.54) is 31.2 Å². The first-order chi connectivity index (χ1) is 7.36. The second kappa shape index (κ2) is 7.28. The van der Waals surface area contributed by atoms with Crippen LogP contribution in [0.3, 0.4) is 0 Å². The predicted octanol–water partition coefficient (Wildman–Crippen LogP) is 4.76. The highest BCUT2D eigenvalue weighted by molar-refractivity contribution is 5.21. The smallest absolute Gasteiger partial charge is 0.00671 e. The number of benzene rings is 1. The molecule has 0 saturated heterocycles. The van der Waals surface area contributed by atoms with E-state index in [4.69, 9.17) is 0 Å². The van der Waals surface area contributed by atoms with Gasteiger partial charge in [0, 0.05) is 0 Å². The largest absolute Gasteiger partial charge is 0.0850 e. The Labute approximate surface area is 94.0 Å². The summed E-state index contributed by atoms with van der Waals surface area (Å²) >= 11 is 0. The molecular weight excluding hydrogens is 180 g/mol. The Hall–Kier alpha value is -1.04. The van der Waals surface area contributed by atoms with Gasteiger partial charge in [-0.1, -0.05) is 68.7 Å². The summed E-state index contributed by atoms with van der Waals surface area (Å²) in [5, 5.41) is 0. The summed E-state index contributed by atoms with van der Waals surface area (Å²) in [5.41, 5.74) is 3.04. The van der Waals surface area contributed by atoms with Gasteiger partial charge in [0.05, 0.1) is 0 Å². The van der Waals surface area contributed by atoms with Crippen LogP contribution in [0, 0.1) is 0 Å².